The molecule has 4 rings (SSSR count). The van der Waals surface area contributed by atoms with Crippen LogP contribution in [-0.4, -0.2) is 85.4 Å². The van der Waals surface area contributed by atoms with Gasteiger partial charge in [-0.25, -0.2) is 5.01 Å². The molecule has 8 heteroatoms. The number of carbonyl (C=O) groups excluding carboxylic acids is 2. The molecule has 0 radical (unpaired) electrons. The minimum Gasteiger partial charge on any atom is -0.496 e. The van der Waals surface area contributed by atoms with Gasteiger partial charge >= 0.3 is 0 Å². The molecule has 0 N–H and O–H groups in total. The number of amides is 2. The van der Waals surface area contributed by atoms with Crippen LogP contribution in [0.1, 0.15) is 41.6 Å². The fourth-order valence-electron chi connectivity index (χ4n) is 4.69. The molecule has 0 aliphatic carbocycles. The summed E-state index contributed by atoms with van der Waals surface area (Å²) in [5, 5.41) is 6.35. The summed E-state index contributed by atoms with van der Waals surface area (Å²) in [6.45, 7) is 9.92. The molecule has 0 saturated carbocycles. The smallest absolute Gasteiger partial charge is 0.262 e. The van der Waals surface area contributed by atoms with Crippen LogP contribution in [0.5, 0.6) is 5.75 Å². The van der Waals surface area contributed by atoms with Gasteiger partial charge in [0.15, 0.2) is 0 Å². The van der Waals surface area contributed by atoms with Crippen molar-refractivity contribution in [1.82, 2.24) is 14.8 Å². The quantitative estimate of drug-likeness (QED) is 0.566. The summed E-state index contributed by atoms with van der Waals surface area (Å²) in [5.74, 6) is 0.387. The first-order valence-electron chi connectivity index (χ1n) is 12.5. The third-order valence-corrected chi connectivity index (χ3v) is 7.07. The van der Waals surface area contributed by atoms with E-state index in [0.29, 0.717) is 38.5 Å². The number of aryl methyl sites for hydroxylation is 2. The Hall–Kier alpha value is -3.23. The fourth-order valence-corrected chi connectivity index (χ4v) is 4.69. The maximum absolute atomic E-state index is 13.6. The average Bonchev–Trinajstić information content (AvgIpc) is 3.34. The SMILES string of the molecule is COc1ccccc1[C@@H]1CC(c2ccc(C)c(C)c2)=NN1C(=O)CN(CCN1CCOCC1)C(C)=O. The van der Waals surface area contributed by atoms with Crippen LogP contribution in [0, 0.1) is 13.8 Å². The van der Waals surface area contributed by atoms with E-state index in [0.717, 1.165) is 29.9 Å². The molecule has 2 aliphatic heterocycles. The molecule has 0 spiro atoms. The van der Waals surface area contributed by atoms with Gasteiger partial charge in [-0.2, -0.15) is 5.10 Å². The van der Waals surface area contributed by atoms with Gasteiger partial charge < -0.3 is 14.4 Å². The molecule has 0 unspecified atom stereocenters. The Morgan fingerprint density at radius 1 is 1.11 bits per heavy atom. The Morgan fingerprint density at radius 3 is 2.56 bits per heavy atom. The van der Waals surface area contributed by atoms with Crippen LogP contribution in [0.25, 0.3) is 0 Å². The second-order valence-corrected chi connectivity index (χ2v) is 9.44. The number of hydrogen-bond acceptors (Lipinski definition) is 6. The molecule has 192 valence electrons. The summed E-state index contributed by atoms with van der Waals surface area (Å²) in [6.07, 6.45) is 0.572. The number of ether oxygens (including phenoxy) is 2. The third-order valence-electron chi connectivity index (χ3n) is 7.07. The van der Waals surface area contributed by atoms with Crippen molar-refractivity contribution < 1.29 is 19.1 Å². The highest BCUT2D eigenvalue weighted by Crippen LogP contribution is 2.37. The minimum atomic E-state index is -0.307. The van der Waals surface area contributed by atoms with Crippen molar-refractivity contribution in [3.8, 4) is 5.75 Å². The number of nitrogens with zero attached hydrogens (tertiary/aromatic N) is 4. The average molecular weight is 493 g/mol. The maximum Gasteiger partial charge on any atom is 0.262 e. The lowest BCUT2D eigenvalue weighted by Crippen LogP contribution is -2.45. The lowest BCUT2D eigenvalue weighted by Gasteiger charge is -2.30. The van der Waals surface area contributed by atoms with E-state index in [4.69, 9.17) is 14.6 Å². The molecule has 1 fully saturated rings. The molecule has 0 bridgehead atoms. The number of para-hydroxylation sites is 1. The van der Waals surface area contributed by atoms with Crippen LogP contribution in [0.4, 0.5) is 0 Å². The van der Waals surface area contributed by atoms with Crippen molar-refractivity contribution in [3.63, 3.8) is 0 Å². The van der Waals surface area contributed by atoms with Gasteiger partial charge in [0.25, 0.3) is 5.91 Å². The number of rotatable bonds is 8. The zero-order valence-electron chi connectivity index (χ0n) is 21.7. The highest BCUT2D eigenvalue weighted by molar-refractivity contribution is 6.03. The summed E-state index contributed by atoms with van der Waals surface area (Å²) >= 11 is 0. The standard InChI is InChI=1S/C28H36N4O4/c1-20-9-10-23(17-21(20)2)25-18-26(24-7-5-6-8-27(24)35-4)32(29-25)28(34)19-31(22(3)33)12-11-30-13-15-36-16-14-30/h5-10,17,26H,11-16,18-19H2,1-4H3/t26-/m0/s1. The van der Waals surface area contributed by atoms with Gasteiger partial charge in [0.1, 0.15) is 12.3 Å². The zero-order chi connectivity index (χ0) is 25.7. The Labute approximate surface area is 213 Å². The van der Waals surface area contributed by atoms with Crippen molar-refractivity contribution in [1.29, 1.82) is 0 Å². The Kier molecular flexibility index (Phi) is 8.38. The lowest BCUT2D eigenvalue weighted by atomic mass is 9.96. The molecule has 2 aromatic rings. The van der Waals surface area contributed by atoms with Crippen molar-refractivity contribution >= 4 is 17.5 Å². The molecule has 2 aliphatic rings. The second kappa shape index (κ2) is 11.7. The van der Waals surface area contributed by atoms with Crippen LogP contribution in [0.15, 0.2) is 47.6 Å². The molecule has 0 aromatic heterocycles. The first kappa shape index (κ1) is 25.9. The summed E-state index contributed by atoms with van der Waals surface area (Å²) in [5.41, 5.74) is 5.15. The largest absolute Gasteiger partial charge is 0.496 e. The van der Waals surface area contributed by atoms with Crippen molar-refractivity contribution in [3.05, 3.63) is 64.7 Å². The highest BCUT2D eigenvalue weighted by Gasteiger charge is 2.35. The van der Waals surface area contributed by atoms with Gasteiger partial charge in [0, 0.05) is 45.1 Å². The number of carbonyl (C=O) groups is 2. The minimum absolute atomic E-state index is 0.0188. The second-order valence-electron chi connectivity index (χ2n) is 9.44. The van der Waals surface area contributed by atoms with Crippen LogP contribution in [-0.2, 0) is 14.3 Å². The zero-order valence-corrected chi connectivity index (χ0v) is 21.7. The topological polar surface area (TPSA) is 74.7 Å². The molecule has 8 nitrogen and oxygen atoms in total. The summed E-state index contributed by atoms with van der Waals surface area (Å²) < 4.78 is 11.0. The first-order valence-corrected chi connectivity index (χ1v) is 12.5. The monoisotopic (exact) mass is 492 g/mol. The number of benzene rings is 2. The number of hydrogen-bond donors (Lipinski definition) is 0. The Bertz CT molecular complexity index is 1130. The van der Waals surface area contributed by atoms with E-state index in [9.17, 15) is 9.59 Å². The van der Waals surface area contributed by atoms with Gasteiger partial charge in [-0.05, 0) is 42.7 Å². The van der Waals surface area contributed by atoms with Gasteiger partial charge in [-0.3, -0.25) is 14.5 Å². The van der Waals surface area contributed by atoms with Crippen LogP contribution in [0.3, 0.4) is 0 Å². The van der Waals surface area contributed by atoms with Crippen LogP contribution >= 0.6 is 0 Å². The number of hydrazone groups is 1. The third kappa shape index (κ3) is 5.94. The van der Waals surface area contributed by atoms with Crippen molar-refractivity contribution in [2.24, 2.45) is 5.10 Å². The summed E-state index contributed by atoms with van der Waals surface area (Å²) in [4.78, 5) is 29.9. The molecular formula is C28H36N4O4. The van der Waals surface area contributed by atoms with E-state index in [1.807, 2.05) is 24.3 Å². The van der Waals surface area contributed by atoms with E-state index in [2.05, 4.69) is 36.9 Å². The maximum atomic E-state index is 13.6. The molecular weight excluding hydrogens is 456 g/mol. The summed E-state index contributed by atoms with van der Waals surface area (Å²) in [7, 11) is 1.63. The lowest BCUT2D eigenvalue weighted by molar-refractivity contribution is -0.140. The van der Waals surface area contributed by atoms with E-state index in [1.165, 1.54) is 18.1 Å². The highest BCUT2D eigenvalue weighted by atomic mass is 16.5. The van der Waals surface area contributed by atoms with Crippen molar-refractivity contribution in [2.45, 2.75) is 33.2 Å². The van der Waals surface area contributed by atoms with Crippen LogP contribution < -0.4 is 4.74 Å². The number of methoxy groups -OCH3 is 1. The molecule has 1 atom stereocenters. The van der Waals surface area contributed by atoms with Gasteiger partial charge in [0.05, 0.1) is 32.1 Å². The van der Waals surface area contributed by atoms with Crippen LogP contribution in [0.2, 0.25) is 0 Å². The van der Waals surface area contributed by atoms with E-state index in [1.54, 1.807) is 17.0 Å². The Balaban J connectivity index is 1.58. The predicted octanol–water partition coefficient (Wildman–Crippen LogP) is 3.17. The molecule has 2 aromatic carbocycles. The van der Waals surface area contributed by atoms with Gasteiger partial charge in [-0.1, -0.05) is 30.3 Å². The molecule has 2 heterocycles. The summed E-state index contributed by atoms with van der Waals surface area (Å²) in [6, 6.07) is 13.7. The van der Waals surface area contributed by atoms with E-state index in [-0.39, 0.29) is 24.4 Å². The van der Waals surface area contributed by atoms with Crippen molar-refractivity contribution in [2.75, 3.05) is 53.0 Å². The number of morpholine rings is 1. The van der Waals surface area contributed by atoms with E-state index >= 15 is 0 Å². The fraction of sp³-hybridized carbons (Fsp3) is 0.464. The molecule has 2 amide bonds. The molecule has 36 heavy (non-hydrogen) atoms. The van der Waals surface area contributed by atoms with E-state index < -0.39 is 0 Å². The normalized spacial score (nSPS) is 18.2. The predicted molar refractivity (Wildman–Crippen MR) is 139 cm³/mol. The van der Waals surface area contributed by atoms with Gasteiger partial charge in [-0.15, -0.1) is 0 Å². The molecule has 1 saturated heterocycles. The van der Waals surface area contributed by atoms with Gasteiger partial charge in [0.2, 0.25) is 5.91 Å². The Morgan fingerprint density at radius 2 is 1.86 bits per heavy atom. The first-order chi connectivity index (χ1) is 17.4.